The molecule has 2 amide bonds. The summed E-state index contributed by atoms with van der Waals surface area (Å²) < 4.78 is 16.7. The second-order valence-electron chi connectivity index (χ2n) is 6.46. The standard InChI is InChI=1S/C17H19N3O5/c1-8-11-4-3-10(5-14(11)25-20-8)17(22)19-13-7-24-15-12(18-9(2)21)6-23-16(13)15/h3-5,12-13,15-16H,6-7H2,1-2H3,(H,18,21)(H,19,22)/t12-,13-,15+,16+/m0/s1. The van der Waals surface area contributed by atoms with Crippen LogP contribution in [0.2, 0.25) is 0 Å². The van der Waals surface area contributed by atoms with Gasteiger partial charge in [-0.25, -0.2) is 0 Å². The van der Waals surface area contributed by atoms with Gasteiger partial charge in [0.15, 0.2) is 5.58 Å². The number of hydrogen-bond acceptors (Lipinski definition) is 6. The highest BCUT2D eigenvalue weighted by Crippen LogP contribution is 2.27. The molecule has 2 aromatic rings. The Morgan fingerprint density at radius 2 is 1.80 bits per heavy atom. The van der Waals surface area contributed by atoms with Gasteiger partial charge in [0.1, 0.15) is 12.2 Å². The van der Waals surface area contributed by atoms with Crippen molar-refractivity contribution in [3.05, 3.63) is 29.5 Å². The molecule has 1 aromatic heterocycles. The average Bonchev–Trinajstić information content (AvgIpc) is 3.25. The Hall–Kier alpha value is -2.45. The second-order valence-corrected chi connectivity index (χ2v) is 6.46. The van der Waals surface area contributed by atoms with Gasteiger partial charge in [0, 0.05) is 17.9 Å². The highest BCUT2D eigenvalue weighted by Gasteiger charge is 2.48. The first kappa shape index (κ1) is 16.0. The number of aromatic nitrogens is 1. The van der Waals surface area contributed by atoms with E-state index in [1.807, 2.05) is 13.0 Å². The van der Waals surface area contributed by atoms with E-state index in [-0.39, 0.29) is 36.1 Å². The van der Waals surface area contributed by atoms with Gasteiger partial charge in [0.05, 0.1) is 31.0 Å². The van der Waals surface area contributed by atoms with E-state index in [0.717, 1.165) is 11.1 Å². The molecule has 132 valence electrons. The quantitative estimate of drug-likeness (QED) is 0.842. The zero-order chi connectivity index (χ0) is 17.6. The van der Waals surface area contributed by atoms with E-state index in [2.05, 4.69) is 15.8 Å². The SMILES string of the molecule is CC(=O)N[C@H]1CO[C@H]2[C@@H]1OC[C@@H]2NC(=O)c1ccc2c(C)noc2c1. The zero-order valence-corrected chi connectivity index (χ0v) is 13.9. The first-order valence-corrected chi connectivity index (χ1v) is 8.20. The molecule has 2 aliphatic heterocycles. The summed E-state index contributed by atoms with van der Waals surface area (Å²) in [6.45, 7) is 4.04. The van der Waals surface area contributed by atoms with Gasteiger partial charge < -0.3 is 24.6 Å². The fraction of sp³-hybridized carbons (Fsp3) is 0.471. The lowest BCUT2D eigenvalue weighted by atomic mass is 10.1. The van der Waals surface area contributed by atoms with Crippen molar-refractivity contribution in [1.82, 2.24) is 15.8 Å². The molecule has 4 rings (SSSR count). The van der Waals surface area contributed by atoms with E-state index in [1.165, 1.54) is 6.92 Å². The maximum atomic E-state index is 12.5. The van der Waals surface area contributed by atoms with Gasteiger partial charge in [0.25, 0.3) is 5.91 Å². The summed E-state index contributed by atoms with van der Waals surface area (Å²) in [4.78, 5) is 23.8. The fourth-order valence-corrected chi connectivity index (χ4v) is 3.46. The first-order valence-electron chi connectivity index (χ1n) is 8.20. The van der Waals surface area contributed by atoms with Crippen LogP contribution in [0.25, 0.3) is 11.0 Å². The van der Waals surface area contributed by atoms with E-state index >= 15 is 0 Å². The molecule has 0 spiro atoms. The normalized spacial score (nSPS) is 28.1. The van der Waals surface area contributed by atoms with Gasteiger partial charge >= 0.3 is 0 Å². The highest BCUT2D eigenvalue weighted by molar-refractivity contribution is 5.98. The number of ether oxygens (including phenoxy) is 2. The molecule has 2 N–H and O–H groups in total. The molecule has 0 radical (unpaired) electrons. The van der Waals surface area contributed by atoms with E-state index in [1.54, 1.807) is 12.1 Å². The molecule has 8 heteroatoms. The summed E-state index contributed by atoms with van der Waals surface area (Å²) in [7, 11) is 0. The maximum Gasteiger partial charge on any atom is 0.251 e. The number of carbonyl (C=O) groups excluding carboxylic acids is 2. The molecule has 25 heavy (non-hydrogen) atoms. The number of benzene rings is 1. The van der Waals surface area contributed by atoms with Gasteiger partial charge in [-0.15, -0.1) is 0 Å². The Balaban J connectivity index is 1.45. The molecule has 2 aliphatic rings. The van der Waals surface area contributed by atoms with Crippen molar-refractivity contribution in [3.63, 3.8) is 0 Å². The monoisotopic (exact) mass is 345 g/mol. The van der Waals surface area contributed by atoms with E-state index < -0.39 is 0 Å². The maximum absolute atomic E-state index is 12.5. The van der Waals surface area contributed by atoms with Crippen molar-refractivity contribution in [3.8, 4) is 0 Å². The molecule has 4 atom stereocenters. The Morgan fingerprint density at radius 3 is 2.48 bits per heavy atom. The van der Waals surface area contributed by atoms with Crippen molar-refractivity contribution in [2.24, 2.45) is 0 Å². The number of amides is 2. The molecule has 0 unspecified atom stereocenters. The van der Waals surface area contributed by atoms with Crippen molar-refractivity contribution in [2.75, 3.05) is 13.2 Å². The first-order chi connectivity index (χ1) is 12.0. The summed E-state index contributed by atoms with van der Waals surface area (Å²) in [5.74, 6) is -0.349. The molecule has 1 aromatic carbocycles. The van der Waals surface area contributed by atoms with Gasteiger partial charge in [-0.1, -0.05) is 5.16 Å². The Bertz CT molecular complexity index is 833. The lowest BCUT2D eigenvalue weighted by Gasteiger charge is -2.18. The molecule has 2 fully saturated rings. The third kappa shape index (κ3) is 2.87. The summed E-state index contributed by atoms with van der Waals surface area (Å²) >= 11 is 0. The van der Waals surface area contributed by atoms with Gasteiger partial charge in [-0.2, -0.15) is 0 Å². The van der Waals surface area contributed by atoms with Crippen LogP contribution in [0.15, 0.2) is 22.7 Å². The minimum Gasteiger partial charge on any atom is -0.371 e. The third-order valence-electron chi connectivity index (χ3n) is 4.67. The van der Waals surface area contributed by atoms with Crippen molar-refractivity contribution >= 4 is 22.8 Å². The molecule has 8 nitrogen and oxygen atoms in total. The number of nitrogens with zero attached hydrogens (tertiary/aromatic N) is 1. The summed E-state index contributed by atoms with van der Waals surface area (Å²) in [5, 5.41) is 10.5. The van der Waals surface area contributed by atoms with Crippen molar-refractivity contribution in [1.29, 1.82) is 0 Å². The van der Waals surface area contributed by atoms with Crippen LogP contribution in [-0.4, -0.2) is 54.5 Å². The van der Waals surface area contributed by atoms with Crippen LogP contribution < -0.4 is 10.6 Å². The molecular weight excluding hydrogens is 326 g/mol. The predicted octanol–water partition coefficient (Wildman–Crippen LogP) is 0.537. The zero-order valence-electron chi connectivity index (χ0n) is 13.9. The Morgan fingerprint density at radius 1 is 1.12 bits per heavy atom. The van der Waals surface area contributed by atoms with Crippen LogP contribution in [0, 0.1) is 6.92 Å². The number of rotatable bonds is 3. The number of nitrogens with one attached hydrogen (secondary N) is 2. The van der Waals surface area contributed by atoms with E-state index in [0.29, 0.717) is 24.4 Å². The van der Waals surface area contributed by atoms with Crippen LogP contribution >= 0.6 is 0 Å². The number of carbonyl (C=O) groups is 2. The Kier molecular flexibility index (Phi) is 3.93. The molecular formula is C17H19N3O5. The number of fused-ring (bicyclic) bond motifs is 2. The minimum atomic E-state index is -0.267. The van der Waals surface area contributed by atoms with Crippen molar-refractivity contribution < 1.29 is 23.6 Å². The number of hydrogen-bond donors (Lipinski definition) is 2. The summed E-state index contributed by atoms with van der Waals surface area (Å²) in [6.07, 6.45) is -0.509. The topological polar surface area (TPSA) is 103 Å². The van der Waals surface area contributed by atoms with Crippen LogP contribution in [0.5, 0.6) is 0 Å². The Labute approximate surface area is 143 Å². The van der Waals surface area contributed by atoms with Crippen LogP contribution in [0.4, 0.5) is 0 Å². The molecule has 3 heterocycles. The molecule has 0 aliphatic carbocycles. The smallest absolute Gasteiger partial charge is 0.251 e. The average molecular weight is 345 g/mol. The van der Waals surface area contributed by atoms with Crippen LogP contribution in [-0.2, 0) is 14.3 Å². The van der Waals surface area contributed by atoms with Gasteiger partial charge in [-0.3, -0.25) is 9.59 Å². The summed E-state index contributed by atoms with van der Waals surface area (Å²) in [5.41, 5.74) is 1.86. The molecule has 0 saturated carbocycles. The minimum absolute atomic E-state index is 0.124. The fourth-order valence-electron chi connectivity index (χ4n) is 3.46. The van der Waals surface area contributed by atoms with Crippen LogP contribution in [0.3, 0.4) is 0 Å². The highest BCUT2D eigenvalue weighted by atomic mass is 16.6. The lowest BCUT2D eigenvalue weighted by molar-refractivity contribution is -0.120. The number of aryl methyl sites for hydroxylation is 1. The van der Waals surface area contributed by atoms with Gasteiger partial charge in [-0.05, 0) is 25.1 Å². The van der Waals surface area contributed by atoms with Crippen LogP contribution in [0.1, 0.15) is 23.0 Å². The van der Waals surface area contributed by atoms with Crippen molar-refractivity contribution in [2.45, 2.75) is 38.1 Å². The van der Waals surface area contributed by atoms with E-state index in [4.69, 9.17) is 14.0 Å². The lowest BCUT2D eigenvalue weighted by Crippen LogP contribution is -2.46. The van der Waals surface area contributed by atoms with Gasteiger partial charge in [0.2, 0.25) is 5.91 Å². The largest absolute Gasteiger partial charge is 0.371 e. The molecule has 2 saturated heterocycles. The second kappa shape index (κ2) is 6.12. The molecule has 0 bridgehead atoms. The summed E-state index contributed by atoms with van der Waals surface area (Å²) in [6, 6.07) is 4.79. The predicted molar refractivity (Wildman–Crippen MR) is 87.1 cm³/mol. The van der Waals surface area contributed by atoms with E-state index in [9.17, 15) is 9.59 Å². The third-order valence-corrected chi connectivity index (χ3v) is 4.67.